The predicted molar refractivity (Wildman–Crippen MR) is 140 cm³/mol. The molecule has 33 heavy (non-hydrogen) atoms. The Balaban J connectivity index is 1.60. The highest BCUT2D eigenvalue weighted by atomic mass is 32.2. The van der Waals surface area contributed by atoms with Crippen LogP contribution in [0.5, 0.6) is 0 Å². The Morgan fingerprint density at radius 3 is 2.67 bits per heavy atom. The van der Waals surface area contributed by atoms with Crippen LogP contribution in [0.25, 0.3) is 10.2 Å². The van der Waals surface area contributed by atoms with Crippen LogP contribution >= 0.6 is 23.1 Å². The minimum absolute atomic E-state index is 0.00175. The highest BCUT2D eigenvalue weighted by Gasteiger charge is 2.48. The summed E-state index contributed by atoms with van der Waals surface area (Å²) in [5.74, 6) is 2.91. The molecule has 0 aromatic carbocycles. The second kappa shape index (κ2) is 10.4. The lowest BCUT2D eigenvalue weighted by Crippen LogP contribution is -2.65. The minimum atomic E-state index is -0.872. The summed E-state index contributed by atoms with van der Waals surface area (Å²) < 4.78 is 3.26. The minimum Gasteiger partial charge on any atom is -0.351 e. The van der Waals surface area contributed by atoms with Gasteiger partial charge in [0.2, 0.25) is 5.91 Å². The van der Waals surface area contributed by atoms with Crippen molar-refractivity contribution in [1.82, 2.24) is 14.8 Å². The molecule has 7 heteroatoms. The number of aryl methyl sites for hydroxylation is 1. The summed E-state index contributed by atoms with van der Waals surface area (Å²) in [5.41, 5.74) is 0.962. The van der Waals surface area contributed by atoms with Crippen LogP contribution in [0.4, 0.5) is 0 Å². The average Bonchev–Trinajstić information content (AvgIpc) is 3.35. The summed E-state index contributed by atoms with van der Waals surface area (Å²) in [4.78, 5) is 30.7. The number of fused-ring (bicyclic) bond motifs is 3. The number of thioether (sulfide) groups is 1. The van der Waals surface area contributed by atoms with Crippen LogP contribution in [-0.2, 0) is 17.8 Å². The lowest BCUT2D eigenvalue weighted by Gasteiger charge is -2.45. The Bertz CT molecular complexity index is 989. The fourth-order valence-corrected chi connectivity index (χ4v) is 7.10. The Kier molecular flexibility index (Phi) is 7.79. The van der Waals surface area contributed by atoms with Crippen LogP contribution in [0.3, 0.4) is 0 Å². The van der Waals surface area contributed by atoms with Crippen LogP contribution in [-0.4, -0.2) is 50.9 Å². The number of nitrogens with zero attached hydrogens (tertiary/aromatic N) is 2. The third kappa shape index (κ3) is 5.00. The summed E-state index contributed by atoms with van der Waals surface area (Å²) in [6.45, 7) is 9.77. The number of hydrogen-bond acceptors (Lipinski definition) is 4. The Morgan fingerprint density at radius 1 is 1.21 bits per heavy atom. The first-order valence-corrected chi connectivity index (χ1v) is 14.7. The molecule has 0 radical (unpaired) electrons. The van der Waals surface area contributed by atoms with Crippen LogP contribution < -0.4 is 5.32 Å². The number of carbonyl (C=O) groups excluding carboxylic acids is 2. The van der Waals surface area contributed by atoms with Gasteiger partial charge in [-0.25, -0.2) is 0 Å². The fraction of sp³-hybridized carbons (Fsp3) is 0.692. The van der Waals surface area contributed by atoms with E-state index in [1.165, 1.54) is 4.88 Å². The van der Waals surface area contributed by atoms with Crippen molar-refractivity contribution in [3.05, 3.63) is 22.7 Å². The van der Waals surface area contributed by atoms with Gasteiger partial charge in [-0.1, -0.05) is 20.8 Å². The molecule has 1 N–H and O–H groups in total. The topological polar surface area (TPSA) is 54.3 Å². The van der Waals surface area contributed by atoms with Crippen molar-refractivity contribution < 1.29 is 9.59 Å². The lowest BCUT2D eigenvalue weighted by atomic mass is 9.86. The van der Waals surface area contributed by atoms with E-state index in [1.54, 1.807) is 11.3 Å². The molecule has 1 atom stereocenters. The van der Waals surface area contributed by atoms with Gasteiger partial charge in [-0.3, -0.25) is 9.59 Å². The first-order valence-electron chi connectivity index (χ1n) is 12.7. The van der Waals surface area contributed by atoms with E-state index in [0.29, 0.717) is 13.1 Å². The molecule has 1 aliphatic heterocycles. The predicted octanol–water partition coefficient (Wildman–Crippen LogP) is 5.71. The number of thiophene rings is 1. The van der Waals surface area contributed by atoms with Crippen molar-refractivity contribution in [1.29, 1.82) is 0 Å². The third-order valence-corrected chi connectivity index (χ3v) is 9.86. The Labute approximate surface area is 206 Å². The van der Waals surface area contributed by atoms with Gasteiger partial charge in [0.1, 0.15) is 11.2 Å². The molecule has 1 aliphatic carbocycles. The van der Waals surface area contributed by atoms with Gasteiger partial charge >= 0.3 is 0 Å². The van der Waals surface area contributed by atoms with Crippen molar-refractivity contribution >= 4 is 45.1 Å². The lowest BCUT2D eigenvalue weighted by molar-refractivity contribution is -0.133. The van der Waals surface area contributed by atoms with Gasteiger partial charge < -0.3 is 14.8 Å². The molecule has 0 spiro atoms. The summed E-state index contributed by atoms with van der Waals surface area (Å²) in [6.07, 6.45) is 7.46. The number of amides is 2. The molecule has 0 saturated heterocycles. The number of rotatable bonds is 9. The van der Waals surface area contributed by atoms with Gasteiger partial charge in [-0.2, -0.15) is 11.8 Å². The van der Waals surface area contributed by atoms with E-state index < -0.39 is 5.54 Å². The summed E-state index contributed by atoms with van der Waals surface area (Å²) in [6, 6.07) is 4.47. The molecule has 4 rings (SSSR count). The molecule has 1 fully saturated rings. The molecule has 182 valence electrons. The van der Waals surface area contributed by atoms with Crippen molar-refractivity contribution in [3.8, 4) is 0 Å². The van der Waals surface area contributed by atoms with Crippen LogP contribution in [0.15, 0.2) is 12.1 Å². The normalized spacial score (nSPS) is 25.5. The standard InChI is InChI=1S/C26H39N3O2S2/c1-5-13-32-14-7-12-29-24(30)22-16-23-21(15-20(6-2)33-23)28(22)17-26(29,4)25(31)27-19-10-8-18(3)9-11-19/h15-16,18-19H,5-14,17H2,1-4H3,(H,27,31)/t18?,19?,26-/m1/s1. The molecule has 2 aromatic heterocycles. The first kappa shape index (κ1) is 24.6. The van der Waals surface area contributed by atoms with E-state index in [0.717, 1.165) is 78.3 Å². The zero-order valence-electron chi connectivity index (χ0n) is 20.6. The van der Waals surface area contributed by atoms with E-state index in [4.69, 9.17) is 0 Å². The molecule has 1 saturated carbocycles. The number of carbonyl (C=O) groups is 2. The number of aromatic nitrogens is 1. The van der Waals surface area contributed by atoms with Gasteiger partial charge in [0, 0.05) is 17.5 Å². The van der Waals surface area contributed by atoms with Gasteiger partial charge in [0.15, 0.2) is 0 Å². The van der Waals surface area contributed by atoms with Gasteiger partial charge in [-0.15, -0.1) is 11.3 Å². The van der Waals surface area contributed by atoms with E-state index in [-0.39, 0.29) is 17.9 Å². The van der Waals surface area contributed by atoms with Crippen molar-refractivity contribution in [3.63, 3.8) is 0 Å². The smallest absolute Gasteiger partial charge is 0.271 e. The average molecular weight is 490 g/mol. The first-order chi connectivity index (χ1) is 15.9. The van der Waals surface area contributed by atoms with Crippen molar-refractivity contribution in [2.75, 3.05) is 18.1 Å². The van der Waals surface area contributed by atoms with E-state index in [9.17, 15) is 9.59 Å². The Morgan fingerprint density at radius 2 is 1.97 bits per heavy atom. The zero-order chi connectivity index (χ0) is 23.6. The van der Waals surface area contributed by atoms with E-state index >= 15 is 0 Å². The highest BCUT2D eigenvalue weighted by molar-refractivity contribution is 7.99. The van der Waals surface area contributed by atoms with E-state index in [2.05, 4.69) is 36.7 Å². The maximum absolute atomic E-state index is 13.8. The Hall–Kier alpha value is -1.47. The molecule has 2 amide bonds. The van der Waals surface area contributed by atoms with E-state index in [1.807, 2.05) is 29.7 Å². The number of nitrogens with one attached hydrogen (secondary N) is 1. The molecule has 5 nitrogen and oxygen atoms in total. The van der Waals surface area contributed by atoms with Crippen LogP contribution in [0.1, 0.15) is 81.6 Å². The van der Waals surface area contributed by atoms with Crippen molar-refractivity contribution in [2.45, 2.75) is 90.8 Å². The molecular formula is C26H39N3O2S2. The highest BCUT2D eigenvalue weighted by Crippen LogP contribution is 2.36. The summed E-state index contributed by atoms with van der Waals surface area (Å²) >= 11 is 3.70. The summed E-state index contributed by atoms with van der Waals surface area (Å²) in [5, 5.41) is 3.35. The quantitative estimate of drug-likeness (QED) is 0.459. The second-order valence-corrected chi connectivity index (χ2v) is 12.5. The van der Waals surface area contributed by atoms with Gasteiger partial charge in [-0.05, 0) is 81.4 Å². The molecule has 0 bridgehead atoms. The molecule has 3 heterocycles. The van der Waals surface area contributed by atoms with Crippen LogP contribution in [0.2, 0.25) is 0 Å². The SMILES string of the molecule is CCCSCCCN1C(=O)c2cc3sc(CC)cc3n2C[C@]1(C)C(=O)NC1CCC(C)CC1. The summed E-state index contributed by atoms with van der Waals surface area (Å²) in [7, 11) is 0. The second-order valence-electron chi connectivity index (χ2n) is 10.1. The third-order valence-electron chi connectivity index (χ3n) is 7.37. The molecule has 2 aromatic rings. The van der Waals surface area contributed by atoms with Crippen LogP contribution in [0, 0.1) is 5.92 Å². The van der Waals surface area contributed by atoms with Crippen molar-refractivity contribution in [2.24, 2.45) is 5.92 Å². The number of hydrogen-bond donors (Lipinski definition) is 1. The zero-order valence-corrected chi connectivity index (χ0v) is 22.2. The molecule has 2 aliphatic rings. The maximum atomic E-state index is 13.8. The molecular weight excluding hydrogens is 450 g/mol. The van der Waals surface area contributed by atoms with Gasteiger partial charge in [0.05, 0.1) is 16.8 Å². The van der Waals surface area contributed by atoms with Gasteiger partial charge in [0.25, 0.3) is 5.91 Å². The largest absolute Gasteiger partial charge is 0.351 e. The fourth-order valence-electron chi connectivity index (χ4n) is 5.23. The monoisotopic (exact) mass is 489 g/mol. The molecule has 0 unspecified atom stereocenters. The maximum Gasteiger partial charge on any atom is 0.271 e.